The second kappa shape index (κ2) is 7.04. The van der Waals surface area contributed by atoms with Crippen LogP contribution in [-0.4, -0.2) is 16.9 Å². The normalized spacial score (nSPS) is 13.8. The fraction of sp³-hybridized carbons (Fsp3) is 0.467. The maximum Gasteiger partial charge on any atom is 0.307 e. The Morgan fingerprint density at radius 2 is 1.68 bits per heavy atom. The summed E-state index contributed by atoms with van der Waals surface area (Å²) in [5.74, 6) is -2.06. The van der Waals surface area contributed by atoms with Crippen LogP contribution in [0.15, 0.2) is 24.3 Å². The van der Waals surface area contributed by atoms with Gasteiger partial charge in [-0.15, -0.1) is 0 Å². The van der Waals surface area contributed by atoms with E-state index in [1.807, 2.05) is 31.2 Å². The third-order valence-corrected chi connectivity index (χ3v) is 3.48. The topological polar surface area (TPSA) is 80.4 Å². The Morgan fingerprint density at radius 1 is 1.16 bits per heavy atom. The number of carboxylic acid groups (broad SMARTS) is 1. The minimum Gasteiger partial charge on any atom is -0.481 e. The lowest BCUT2D eigenvalue weighted by Crippen LogP contribution is -2.30. The first kappa shape index (κ1) is 15.4. The van der Waals surface area contributed by atoms with Gasteiger partial charge in [0.2, 0.25) is 0 Å². The molecule has 0 saturated heterocycles. The molecule has 0 heterocycles. The summed E-state index contributed by atoms with van der Waals surface area (Å²) in [7, 11) is 0. The molecule has 2 atom stereocenters. The van der Waals surface area contributed by atoms with E-state index in [0.717, 1.165) is 11.1 Å². The maximum atomic E-state index is 11.5. The smallest absolute Gasteiger partial charge is 0.307 e. The molecule has 0 bridgehead atoms. The van der Waals surface area contributed by atoms with Crippen LogP contribution in [0.2, 0.25) is 0 Å². The zero-order chi connectivity index (χ0) is 14.4. The third-order valence-electron chi connectivity index (χ3n) is 3.48. The Balaban J connectivity index is 2.88. The number of carbonyl (C=O) groups is 2. The highest BCUT2D eigenvalue weighted by atomic mass is 16.4. The Labute approximate surface area is 113 Å². The fourth-order valence-corrected chi connectivity index (χ4v) is 2.32. The highest BCUT2D eigenvalue weighted by Gasteiger charge is 2.30. The van der Waals surface area contributed by atoms with E-state index in [-0.39, 0.29) is 5.78 Å². The van der Waals surface area contributed by atoms with Crippen LogP contribution < -0.4 is 5.73 Å². The van der Waals surface area contributed by atoms with Crippen LogP contribution in [0.4, 0.5) is 0 Å². The Bertz CT molecular complexity index is 439. The number of rotatable bonds is 7. The molecule has 0 fully saturated rings. The number of carbonyl (C=O) groups excluding carboxylic acids is 1. The number of ketones is 1. The molecule has 4 heteroatoms. The zero-order valence-electron chi connectivity index (χ0n) is 11.4. The van der Waals surface area contributed by atoms with Gasteiger partial charge in [0.1, 0.15) is 5.78 Å². The number of benzene rings is 1. The molecular weight excluding hydrogens is 242 g/mol. The molecule has 1 aromatic rings. The zero-order valence-corrected chi connectivity index (χ0v) is 11.4. The maximum absolute atomic E-state index is 11.5. The monoisotopic (exact) mass is 263 g/mol. The van der Waals surface area contributed by atoms with E-state index in [4.69, 9.17) is 5.73 Å². The molecule has 19 heavy (non-hydrogen) atoms. The molecule has 0 aliphatic heterocycles. The summed E-state index contributed by atoms with van der Waals surface area (Å²) in [6.45, 7) is 3.77. The molecule has 0 radical (unpaired) electrons. The van der Waals surface area contributed by atoms with Gasteiger partial charge >= 0.3 is 5.97 Å². The van der Waals surface area contributed by atoms with Crippen LogP contribution in [0.5, 0.6) is 0 Å². The van der Waals surface area contributed by atoms with Crippen molar-refractivity contribution in [1.29, 1.82) is 0 Å². The minimum atomic E-state index is -0.912. The Morgan fingerprint density at radius 3 is 2.05 bits per heavy atom. The second-order valence-corrected chi connectivity index (χ2v) is 4.79. The second-order valence-electron chi connectivity index (χ2n) is 4.79. The van der Waals surface area contributed by atoms with E-state index in [1.54, 1.807) is 0 Å². The molecule has 0 aliphatic rings. The van der Waals surface area contributed by atoms with Crippen LogP contribution in [0.25, 0.3) is 0 Å². The molecule has 2 unspecified atom stereocenters. The van der Waals surface area contributed by atoms with Crippen molar-refractivity contribution < 1.29 is 14.7 Å². The standard InChI is InChI=1S/C15H21NO3/c1-3-13(10(2)17)14(15(18)19)8-11-4-6-12(9-16)7-5-11/h4-7,13-14H,3,8-9,16H2,1-2H3,(H,18,19). The highest BCUT2D eigenvalue weighted by molar-refractivity contribution is 5.84. The molecule has 0 aliphatic carbocycles. The molecule has 1 aromatic carbocycles. The van der Waals surface area contributed by atoms with E-state index in [1.165, 1.54) is 6.92 Å². The molecule has 4 nitrogen and oxygen atoms in total. The van der Waals surface area contributed by atoms with Crippen molar-refractivity contribution in [3.8, 4) is 0 Å². The molecule has 1 rings (SSSR count). The number of aliphatic carboxylic acids is 1. The summed E-state index contributed by atoms with van der Waals surface area (Å²) in [4.78, 5) is 22.9. The summed E-state index contributed by atoms with van der Waals surface area (Å²) in [5, 5.41) is 9.31. The van der Waals surface area contributed by atoms with E-state index in [2.05, 4.69) is 0 Å². The molecule has 0 saturated carbocycles. The first-order valence-electron chi connectivity index (χ1n) is 6.50. The van der Waals surface area contributed by atoms with Crippen molar-refractivity contribution in [2.24, 2.45) is 17.6 Å². The third kappa shape index (κ3) is 4.17. The summed E-state index contributed by atoms with van der Waals surface area (Å²) < 4.78 is 0. The number of Topliss-reactive ketones (excluding diaryl/α,β-unsaturated/α-hetero) is 1. The SMILES string of the molecule is CCC(C(C)=O)C(Cc1ccc(CN)cc1)C(=O)O. The lowest BCUT2D eigenvalue weighted by molar-refractivity contribution is -0.146. The lowest BCUT2D eigenvalue weighted by atomic mass is 9.82. The Hall–Kier alpha value is -1.68. The Kier molecular flexibility index (Phi) is 5.70. The summed E-state index contributed by atoms with van der Waals surface area (Å²) in [5.41, 5.74) is 7.45. The van der Waals surface area contributed by atoms with Crippen LogP contribution in [0.1, 0.15) is 31.4 Å². The number of hydrogen-bond acceptors (Lipinski definition) is 3. The summed E-state index contributed by atoms with van der Waals surface area (Å²) >= 11 is 0. The van der Waals surface area contributed by atoms with Gasteiger partial charge in [-0.3, -0.25) is 9.59 Å². The number of hydrogen-bond donors (Lipinski definition) is 2. The van der Waals surface area contributed by atoms with Crippen LogP contribution in [0, 0.1) is 11.8 Å². The average molecular weight is 263 g/mol. The molecule has 104 valence electrons. The van der Waals surface area contributed by atoms with Gasteiger partial charge in [0, 0.05) is 12.5 Å². The first-order valence-corrected chi connectivity index (χ1v) is 6.50. The van der Waals surface area contributed by atoms with Crippen molar-refractivity contribution in [2.45, 2.75) is 33.2 Å². The van der Waals surface area contributed by atoms with E-state index in [9.17, 15) is 14.7 Å². The van der Waals surface area contributed by atoms with Gasteiger partial charge in [-0.05, 0) is 30.9 Å². The molecule has 0 aromatic heterocycles. The van der Waals surface area contributed by atoms with Crippen molar-refractivity contribution in [3.05, 3.63) is 35.4 Å². The van der Waals surface area contributed by atoms with Gasteiger partial charge in [-0.1, -0.05) is 31.2 Å². The molecule has 0 amide bonds. The molecular formula is C15H21NO3. The first-order chi connectivity index (χ1) is 8.99. The van der Waals surface area contributed by atoms with E-state index in [0.29, 0.717) is 19.4 Å². The van der Waals surface area contributed by atoms with Crippen LogP contribution in [-0.2, 0) is 22.6 Å². The van der Waals surface area contributed by atoms with Gasteiger partial charge in [0.25, 0.3) is 0 Å². The van der Waals surface area contributed by atoms with Gasteiger partial charge in [-0.25, -0.2) is 0 Å². The highest BCUT2D eigenvalue weighted by Crippen LogP contribution is 2.22. The predicted octanol–water partition coefficient (Wildman–Crippen LogP) is 2.00. The quantitative estimate of drug-likeness (QED) is 0.788. The number of nitrogens with two attached hydrogens (primary N) is 1. The average Bonchev–Trinajstić information content (AvgIpc) is 2.38. The van der Waals surface area contributed by atoms with Crippen molar-refractivity contribution in [2.75, 3.05) is 0 Å². The van der Waals surface area contributed by atoms with Crippen LogP contribution >= 0.6 is 0 Å². The fourth-order valence-electron chi connectivity index (χ4n) is 2.32. The van der Waals surface area contributed by atoms with E-state index < -0.39 is 17.8 Å². The molecule has 0 spiro atoms. The van der Waals surface area contributed by atoms with Gasteiger partial charge < -0.3 is 10.8 Å². The van der Waals surface area contributed by atoms with Crippen molar-refractivity contribution in [3.63, 3.8) is 0 Å². The number of carboxylic acids is 1. The summed E-state index contributed by atoms with van der Waals surface area (Å²) in [6.07, 6.45) is 0.922. The van der Waals surface area contributed by atoms with Gasteiger partial charge in [-0.2, -0.15) is 0 Å². The van der Waals surface area contributed by atoms with Crippen molar-refractivity contribution in [1.82, 2.24) is 0 Å². The van der Waals surface area contributed by atoms with Gasteiger partial charge in [0.15, 0.2) is 0 Å². The lowest BCUT2D eigenvalue weighted by Gasteiger charge is -2.20. The molecule has 3 N–H and O–H groups in total. The van der Waals surface area contributed by atoms with Crippen LogP contribution in [0.3, 0.4) is 0 Å². The summed E-state index contributed by atoms with van der Waals surface area (Å²) in [6, 6.07) is 7.54. The largest absolute Gasteiger partial charge is 0.481 e. The predicted molar refractivity (Wildman–Crippen MR) is 73.6 cm³/mol. The van der Waals surface area contributed by atoms with Gasteiger partial charge in [0.05, 0.1) is 5.92 Å². The van der Waals surface area contributed by atoms with E-state index >= 15 is 0 Å². The minimum absolute atomic E-state index is 0.0616. The van der Waals surface area contributed by atoms with Crippen molar-refractivity contribution >= 4 is 11.8 Å².